The maximum Gasteiger partial charge on any atom is 0.228 e. The Hall–Kier alpha value is -1.92. The van der Waals surface area contributed by atoms with E-state index in [4.69, 9.17) is 21.1 Å². The number of rotatable bonds is 6. The van der Waals surface area contributed by atoms with E-state index in [1.54, 1.807) is 19.2 Å². The molecule has 0 aromatic heterocycles. The van der Waals surface area contributed by atoms with Crippen LogP contribution in [0.5, 0.6) is 17.2 Å². The standard InChI is InChI=1S/C20H21BrClNO4/c1-26-17-7-6-12(8-18(17)27-14-4-2-3-5-14)9-19(24)23-16-11-13(22)10-15(21)20(16)25/h6-8,10-11,14,25H,2-5,9H2,1H3,(H,23,24). The quantitative estimate of drug-likeness (QED) is 0.580. The van der Waals surface area contributed by atoms with Gasteiger partial charge in [0, 0.05) is 5.02 Å². The number of hydrogen-bond donors (Lipinski definition) is 2. The van der Waals surface area contributed by atoms with E-state index in [-0.39, 0.29) is 29.9 Å². The van der Waals surface area contributed by atoms with Crippen LogP contribution >= 0.6 is 27.5 Å². The Balaban J connectivity index is 1.72. The number of carbonyl (C=O) groups is 1. The van der Waals surface area contributed by atoms with E-state index in [1.165, 1.54) is 18.9 Å². The first kappa shape index (κ1) is 19.8. The van der Waals surface area contributed by atoms with Gasteiger partial charge in [-0.05, 0) is 71.4 Å². The van der Waals surface area contributed by atoms with Gasteiger partial charge in [0.1, 0.15) is 0 Å². The molecule has 0 aliphatic heterocycles. The van der Waals surface area contributed by atoms with E-state index in [2.05, 4.69) is 21.2 Å². The number of phenolic OH excluding ortho intramolecular Hbond substituents is 1. The molecular weight excluding hydrogens is 434 g/mol. The molecule has 1 amide bonds. The molecular formula is C20H21BrClNO4. The van der Waals surface area contributed by atoms with Crippen LogP contribution < -0.4 is 14.8 Å². The Morgan fingerprint density at radius 3 is 2.70 bits per heavy atom. The average molecular weight is 455 g/mol. The minimum Gasteiger partial charge on any atom is -0.505 e. The van der Waals surface area contributed by atoms with Gasteiger partial charge in [-0.2, -0.15) is 0 Å². The average Bonchev–Trinajstić information content (AvgIpc) is 3.12. The van der Waals surface area contributed by atoms with E-state index in [0.717, 1.165) is 18.4 Å². The second-order valence-electron chi connectivity index (χ2n) is 6.52. The number of nitrogens with one attached hydrogen (secondary N) is 1. The number of phenols is 1. The van der Waals surface area contributed by atoms with Crippen molar-refractivity contribution in [2.45, 2.75) is 38.2 Å². The number of carbonyl (C=O) groups excluding carboxylic acids is 1. The molecule has 1 aliphatic rings. The SMILES string of the molecule is COc1ccc(CC(=O)Nc2cc(Cl)cc(Br)c2O)cc1OC1CCCC1. The first-order valence-corrected chi connectivity index (χ1v) is 9.95. The Morgan fingerprint density at radius 1 is 1.26 bits per heavy atom. The second kappa shape index (κ2) is 8.85. The van der Waals surface area contributed by atoms with Crippen molar-refractivity contribution < 1.29 is 19.4 Å². The molecule has 0 heterocycles. The zero-order valence-corrected chi connectivity index (χ0v) is 17.3. The van der Waals surface area contributed by atoms with Gasteiger partial charge in [0.15, 0.2) is 17.2 Å². The molecule has 0 radical (unpaired) electrons. The van der Waals surface area contributed by atoms with E-state index >= 15 is 0 Å². The van der Waals surface area contributed by atoms with Gasteiger partial charge < -0.3 is 19.9 Å². The van der Waals surface area contributed by atoms with Crippen molar-refractivity contribution in [1.82, 2.24) is 0 Å². The van der Waals surface area contributed by atoms with Crippen LogP contribution in [0.4, 0.5) is 5.69 Å². The third kappa shape index (κ3) is 5.08. The molecule has 0 saturated heterocycles. The Labute approximate surface area is 171 Å². The summed E-state index contributed by atoms with van der Waals surface area (Å²) in [5.41, 5.74) is 1.05. The Morgan fingerprint density at radius 2 is 2.00 bits per heavy atom. The minimum atomic E-state index is -0.267. The summed E-state index contributed by atoms with van der Waals surface area (Å²) in [6.07, 6.45) is 4.76. The van der Waals surface area contributed by atoms with Crippen LogP contribution in [0.1, 0.15) is 31.2 Å². The Bertz CT molecular complexity index is 837. The summed E-state index contributed by atoms with van der Waals surface area (Å²) in [5.74, 6) is 0.981. The van der Waals surface area contributed by atoms with Crippen molar-refractivity contribution in [3.8, 4) is 17.2 Å². The van der Waals surface area contributed by atoms with Crippen LogP contribution in [0.3, 0.4) is 0 Å². The molecule has 7 heteroatoms. The van der Waals surface area contributed by atoms with Crippen LogP contribution in [0, 0.1) is 0 Å². The molecule has 1 aliphatic carbocycles. The first-order chi connectivity index (χ1) is 13.0. The van der Waals surface area contributed by atoms with E-state index in [9.17, 15) is 9.90 Å². The molecule has 2 aromatic rings. The molecule has 1 fully saturated rings. The van der Waals surface area contributed by atoms with E-state index in [1.807, 2.05) is 12.1 Å². The third-order valence-corrected chi connectivity index (χ3v) is 5.31. The number of hydrogen-bond acceptors (Lipinski definition) is 4. The molecule has 0 unspecified atom stereocenters. The molecule has 0 bridgehead atoms. The van der Waals surface area contributed by atoms with Crippen molar-refractivity contribution >= 4 is 39.1 Å². The lowest BCUT2D eigenvalue weighted by molar-refractivity contribution is -0.115. The maximum absolute atomic E-state index is 12.4. The number of benzene rings is 2. The lowest BCUT2D eigenvalue weighted by Gasteiger charge is -2.17. The summed E-state index contributed by atoms with van der Waals surface area (Å²) in [4.78, 5) is 12.4. The highest BCUT2D eigenvalue weighted by atomic mass is 79.9. The van der Waals surface area contributed by atoms with Crippen LogP contribution in [0.15, 0.2) is 34.8 Å². The van der Waals surface area contributed by atoms with Gasteiger partial charge >= 0.3 is 0 Å². The number of amides is 1. The zero-order chi connectivity index (χ0) is 19.4. The fraction of sp³-hybridized carbons (Fsp3) is 0.350. The lowest BCUT2D eigenvalue weighted by atomic mass is 10.1. The Kier molecular flexibility index (Phi) is 6.50. The largest absolute Gasteiger partial charge is 0.505 e. The van der Waals surface area contributed by atoms with Crippen LogP contribution in [-0.2, 0) is 11.2 Å². The monoisotopic (exact) mass is 453 g/mol. The number of halogens is 2. The third-order valence-electron chi connectivity index (χ3n) is 4.49. The highest BCUT2D eigenvalue weighted by Crippen LogP contribution is 2.36. The van der Waals surface area contributed by atoms with Gasteiger partial charge in [-0.3, -0.25) is 4.79 Å². The van der Waals surface area contributed by atoms with Gasteiger partial charge in [0.2, 0.25) is 5.91 Å². The zero-order valence-electron chi connectivity index (χ0n) is 14.9. The van der Waals surface area contributed by atoms with Gasteiger partial charge in [-0.15, -0.1) is 0 Å². The molecule has 3 rings (SSSR count). The number of methoxy groups -OCH3 is 1. The molecule has 0 atom stereocenters. The van der Waals surface area contributed by atoms with Gasteiger partial charge in [0.25, 0.3) is 0 Å². The molecule has 27 heavy (non-hydrogen) atoms. The van der Waals surface area contributed by atoms with Gasteiger partial charge in [-0.25, -0.2) is 0 Å². The topological polar surface area (TPSA) is 67.8 Å². The predicted octanol–water partition coefficient (Wildman–Crippen LogP) is 5.32. The maximum atomic E-state index is 12.4. The summed E-state index contributed by atoms with van der Waals surface area (Å²) in [5, 5.41) is 13.1. The van der Waals surface area contributed by atoms with Crippen molar-refractivity contribution in [2.75, 3.05) is 12.4 Å². The summed E-state index contributed by atoms with van der Waals surface area (Å²) < 4.78 is 11.9. The predicted molar refractivity (Wildman–Crippen MR) is 109 cm³/mol. The van der Waals surface area contributed by atoms with Crippen LogP contribution in [0.2, 0.25) is 5.02 Å². The fourth-order valence-corrected chi connectivity index (χ4v) is 3.96. The van der Waals surface area contributed by atoms with Crippen molar-refractivity contribution in [3.63, 3.8) is 0 Å². The summed E-state index contributed by atoms with van der Waals surface area (Å²) >= 11 is 9.18. The van der Waals surface area contributed by atoms with Crippen molar-refractivity contribution in [1.29, 1.82) is 0 Å². The van der Waals surface area contributed by atoms with Gasteiger partial charge in [-0.1, -0.05) is 17.7 Å². The first-order valence-electron chi connectivity index (χ1n) is 8.77. The van der Waals surface area contributed by atoms with Crippen LogP contribution in [0.25, 0.3) is 0 Å². The molecule has 1 saturated carbocycles. The van der Waals surface area contributed by atoms with Crippen molar-refractivity contribution in [2.24, 2.45) is 0 Å². The molecule has 5 nitrogen and oxygen atoms in total. The second-order valence-corrected chi connectivity index (χ2v) is 7.81. The lowest BCUT2D eigenvalue weighted by Crippen LogP contribution is -2.15. The molecule has 2 N–H and O–H groups in total. The molecule has 0 spiro atoms. The summed E-state index contributed by atoms with van der Waals surface area (Å²) in [6.45, 7) is 0. The van der Waals surface area contributed by atoms with Gasteiger partial charge in [0.05, 0.1) is 29.8 Å². The highest BCUT2D eigenvalue weighted by molar-refractivity contribution is 9.10. The molecule has 2 aromatic carbocycles. The van der Waals surface area contributed by atoms with Crippen molar-refractivity contribution in [3.05, 3.63) is 45.4 Å². The normalized spacial score (nSPS) is 14.2. The van der Waals surface area contributed by atoms with Crippen LogP contribution in [-0.4, -0.2) is 24.2 Å². The molecule has 144 valence electrons. The number of anilines is 1. The van der Waals surface area contributed by atoms with E-state index < -0.39 is 0 Å². The highest BCUT2D eigenvalue weighted by Gasteiger charge is 2.19. The minimum absolute atomic E-state index is 0.0623. The summed E-state index contributed by atoms with van der Waals surface area (Å²) in [7, 11) is 1.60. The number of ether oxygens (including phenoxy) is 2. The summed E-state index contributed by atoms with van der Waals surface area (Å²) in [6, 6.07) is 8.53. The number of aromatic hydroxyl groups is 1. The fourth-order valence-electron chi connectivity index (χ4n) is 3.15. The smallest absolute Gasteiger partial charge is 0.228 e. The van der Waals surface area contributed by atoms with E-state index in [0.29, 0.717) is 21.0 Å².